The van der Waals surface area contributed by atoms with Crippen LogP contribution >= 0.6 is 0 Å². The minimum Gasteiger partial charge on any atom is -0.329 e. The number of rotatable bonds is 6. The van der Waals surface area contributed by atoms with Crippen LogP contribution in [-0.4, -0.2) is 31.7 Å². The molecule has 1 heteroatoms. The molecular weight excluding hydrogens is 146 g/mol. The van der Waals surface area contributed by atoms with Crippen LogP contribution in [-0.2, 0) is 0 Å². The van der Waals surface area contributed by atoms with Gasteiger partial charge in [0.2, 0.25) is 0 Å². The number of hydrogen-bond acceptors (Lipinski definition) is 0. The zero-order valence-corrected chi connectivity index (χ0v) is 9.56. The van der Waals surface area contributed by atoms with Crippen LogP contribution in [0, 0.1) is 0 Å². The topological polar surface area (TPSA) is 0 Å². The molecule has 0 radical (unpaired) electrons. The van der Waals surface area contributed by atoms with E-state index in [4.69, 9.17) is 0 Å². The standard InChI is InChI=1S/C11H26N/c1-6-7-8-9-10-11(2)12(3,4)5/h11H,6-10H2,1-5H3/q+1/t11-/m1/s1. The second-order valence-corrected chi connectivity index (χ2v) is 4.81. The van der Waals surface area contributed by atoms with Crippen molar-refractivity contribution in [2.24, 2.45) is 0 Å². The van der Waals surface area contributed by atoms with Crippen LogP contribution in [0.5, 0.6) is 0 Å². The Morgan fingerprint density at radius 3 is 2.00 bits per heavy atom. The van der Waals surface area contributed by atoms with Crippen LogP contribution in [0.4, 0.5) is 0 Å². The molecule has 0 rings (SSSR count). The van der Waals surface area contributed by atoms with E-state index < -0.39 is 0 Å². The van der Waals surface area contributed by atoms with Gasteiger partial charge in [-0.05, 0) is 19.8 Å². The summed E-state index contributed by atoms with van der Waals surface area (Å²) in [5.41, 5.74) is 0. The summed E-state index contributed by atoms with van der Waals surface area (Å²) in [6.07, 6.45) is 6.96. The van der Waals surface area contributed by atoms with Crippen LogP contribution in [0.15, 0.2) is 0 Å². The Morgan fingerprint density at radius 2 is 1.58 bits per heavy atom. The van der Waals surface area contributed by atoms with Crippen molar-refractivity contribution in [3.8, 4) is 0 Å². The number of quaternary nitrogens is 1. The minimum atomic E-state index is 0.807. The number of hydrogen-bond donors (Lipinski definition) is 0. The van der Waals surface area contributed by atoms with Gasteiger partial charge < -0.3 is 4.48 Å². The first kappa shape index (κ1) is 12.0. The molecule has 0 N–H and O–H groups in total. The quantitative estimate of drug-likeness (QED) is 0.427. The lowest BCUT2D eigenvalue weighted by Crippen LogP contribution is -2.43. The van der Waals surface area contributed by atoms with Crippen molar-refractivity contribution in [2.75, 3.05) is 21.1 Å². The molecule has 0 unspecified atom stereocenters. The highest BCUT2D eigenvalue weighted by molar-refractivity contribution is 4.50. The molecule has 0 aliphatic carbocycles. The van der Waals surface area contributed by atoms with Gasteiger partial charge in [-0.1, -0.05) is 26.2 Å². The van der Waals surface area contributed by atoms with Gasteiger partial charge >= 0.3 is 0 Å². The van der Waals surface area contributed by atoms with Gasteiger partial charge in [-0.3, -0.25) is 0 Å². The fraction of sp³-hybridized carbons (Fsp3) is 1.00. The SMILES string of the molecule is CCCCCC[C@@H](C)[N+](C)(C)C. The maximum Gasteiger partial charge on any atom is 0.0855 e. The zero-order chi connectivity index (χ0) is 9.61. The van der Waals surface area contributed by atoms with Gasteiger partial charge in [0.05, 0.1) is 27.2 Å². The molecule has 0 aromatic rings. The summed E-state index contributed by atoms with van der Waals surface area (Å²) in [6.45, 7) is 4.62. The predicted molar refractivity (Wildman–Crippen MR) is 56.3 cm³/mol. The molecule has 1 atom stereocenters. The van der Waals surface area contributed by atoms with Crippen LogP contribution in [0.3, 0.4) is 0 Å². The molecule has 12 heavy (non-hydrogen) atoms. The summed E-state index contributed by atoms with van der Waals surface area (Å²) in [5.74, 6) is 0. The van der Waals surface area contributed by atoms with Crippen molar-refractivity contribution < 1.29 is 4.48 Å². The third-order valence-electron chi connectivity index (χ3n) is 2.80. The Kier molecular flexibility index (Phi) is 5.56. The summed E-state index contributed by atoms with van der Waals surface area (Å²) >= 11 is 0. The summed E-state index contributed by atoms with van der Waals surface area (Å²) in [6, 6.07) is 0.807. The van der Waals surface area contributed by atoms with E-state index in [1.165, 1.54) is 32.1 Å². The average molecular weight is 172 g/mol. The molecule has 0 heterocycles. The average Bonchev–Trinajstić information content (AvgIpc) is 1.96. The fourth-order valence-electron chi connectivity index (χ4n) is 1.25. The third kappa shape index (κ3) is 5.59. The van der Waals surface area contributed by atoms with Crippen molar-refractivity contribution in [1.29, 1.82) is 0 Å². The predicted octanol–water partition coefficient (Wildman–Crippen LogP) is 3.05. The molecule has 0 aromatic heterocycles. The van der Waals surface area contributed by atoms with Gasteiger partial charge in [0, 0.05) is 0 Å². The van der Waals surface area contributed by atoms with Gasteiger partial charge in [0.1, 0.15) is 0 Å². The van der Waals surface area contributed by atoms with Crippen molar-refractivity contribution in [2.45, 2.75) is 52.0 Å². The van der Waals surface area contributed by atoms with Crippen LogP contribution in [0.2, 0.25) is 0 Å². The third-order valence-corrected chi connectivity index (χ3v) is 2.80. The van der Waals surface area contributed by atoms with Crippen molar-refractivity contribution >= 4 is 0 Å². The first-order valence-corrected chi connectivity index (χ1v) is 5.29. The summed E-state index contributed by atoms with van der Waals surface area (Å²) < 4.78 is 1.10. The smallest absolute Gasteiger partial charge is 0.0855 e. The Balaban J connectivity index is 3.38. The first-order valence-electron chi connectivity index (χ1n) is 5.29. The van der Waals surface area contributed by atoms with E-state index in [1.54, 1.807) is 0 Å². The lowest BCUT2D eigenvalue weighted by atomic mass is 10.1. The molecule has 0 aliphatic rings. The molecule has 1 nitrogen and oxygen atoms in total. The molecule has 0 aromatic carbocycles. The van der Waals surface area contributed by atoms with E-state index in [0.29, 0.717) is 0 Å². The summed E-state index contributed by atoms with van der Waals surface area (Å²) in [4.78, 5) is 0. The van der Waals surface area contributed by atoms with E-state index in [0.717, 1.165) is 10.5 Å². The molecule has 74 valence electrons. The number of unbranched alkanes of at least 4 members (excludes halogenated alkanes) is 3. The van der Waals surface area contributed by atoms with Crippen molar-refractivity contribution in [1.82, 2.24) is 0 Å². The Labute approximate surface area is 78.4 Å². The Hall–Kier alpha value is -0.0400. The molecule has 0 saturated heterocycles. The van der Waals surface area contributed by atoms with E-state index in [-0.39, 0.29) is 0 Å². The molecule has 0 spiro atoms. The van der Waals surface area contributed by atoms with E-state index in [2.05, 4.69) is 35.0 Å². The number of nitrogens with zero attached hydrogens (tertiary/aromatic N) is 1. The lowest BCUT2D eigenvalue weighted by molar-refractivity contribution is -0.894. The van der Waals surface area contributed by atoms with Gasteiger partial charge in [0.25, 0.3) is 0 Å². The van der Waals surface area contributed by atoms with Crippen LogP contribution in [0.1, 0.15) is 46.0 Å². The minimum absolute atomic E-state index is 0.807. The zero-order valence-electron chi connectivity index (χ0n) is 9.56. The van der Waals surface area contributed by atoms with E-state index >= 15 is 0 Å². The second kappa shape index (κ2) is 5.58. The van der Waals surface area contributed by atoms with Gasteiger partial charge in [-0.15, -0.1) is 0 Å². The normalized spacial score (nSPS) is 14.8. The summed E-state index contributed by atoms with van der Waals surface area (Å²) in [7, 11) is 6.85. The van der Waals surface area contributed by atoms with Crippen molar-refractivity contribution in [3.63, 3.8) is 0 Å². The highest BCUT2D eigenvalue weighted by atomic mass is 15.3. The highest BCUT2D eigenvalue weighted by Crippen LogP contribution is 2.12. The largest absolute Gasteiger partial charge is 0.329 e. The Bertz CT molecular complexity index is 102. The molecule has 0 amide bonds. The highest BCUT2D eigenvalue weighted by Gasteiger charge is 2.16. The van der Waals surface area contributed by atoms with Crippen LogP contribution in [0.25, 0.3) is 0 Å². The monoisotopic (exact) mass is 172 g/mol. The Morgan fingerprint density at radius 1 is 1.00 bits per heavy atom. The molecule has 0 saturated carbocycles. The molecule has 0 bridgehead atoms. The molecule has 0 aliphatic heterocycles. The van der Waals surface area contributed by atoms with Crippen LogP contribution < -0.4 is 0 Å². The summed E-state index contributed by atoms with van der Waals surface area (Å²) in [5, 5.41) is 0. The lowest BCUT2D eigenvalue weighted by Gasteiger charge is -2.31. The van der Waals surface area contributed by atoms with E-state index in [9.17, 15) is 0 Å². The van der Waals surface area contributed by atoms with Gasteiger partial charge in [-0.25, -0.2) is 0 Å². The molecule has 0 fully saturated rings. The second-order valence-electron chi connectivity index (χ2n) is 4.81. The van der Waals surface area contributed by atoms with Crippen molar-refractivity contribution in [3.05, 3.63) is 0 Å². The maximum atomic E-state index is 2.35. The fourth-order valence-corrected chi connectivity index (χ4v) is 1.25. The van der Waals surface area contributed by atoms with Gasteiger partial charge in [0.15, 0.2) is 0 Å². The van der Waals surface area contributed by atoms with E-state index in [1.807, 2.05) is 0 Å². The molecular formula is C11H26N+. The van der Waals surface area contributed by atoms with Gasteiger partial charge in [-0.2, -0.15) is 0 Å². The maximum absolute atomic E-state index is 2.35. The first-order chi connectivity index (χ1) is 5.48.